The molecule has 4 aliphatic carbocycles. The molecule has 2 N–H and O–H groups in total. The van der Waals surface area contributed by atoms with Crippen LogP contribution in [0.25, 0.3) is 10.9 Å². The number of fused-ring (bicyclic) bond motifs is 1. The highest BCUT2D eigenvalue weighted by atomic mass is 16.2. The molecule has 1 aromatic carbocycles. The Morgan fingerprint density at radius 2 is 1.75 bits per heavy atom. The highest BCUT2D eigenvalue weighted by molar-refractivity contribution is 5.88. The summed E-state index contributed by atoms with van der Waals surface area (Å²) in [4.78, 5) is 19.0. The van der Waals surface area contributed by atoms with Crippen molar-refractivity contribution in [3.8, 4) is 0 Å². The van der Waals surface area contributed by atoms with Gasteiger partial charge in [-0.2, -0.15) is 0 Å². The van der Waals surface area contributed by atoms with Gasteiger partial charge in [0.2, 0.25) is 5.91 Å². The van der Waals surface area contributed by atoms with E-state index < -0.39 is 0 Å². The van der Waals surface area contributed by atoms with E-state index in [9.17, 15) is 4.79 Å². The zero-order valence-electron chi connectivity index (χ0n) is 22.6. The SMILES string of the molecule is CC(C)=CCC/C(C)=C/CN(CCNC1C2CC3CC(C2)CC1C3)C(=O)Cc1c[nH]c2ccccc12. The Hall–Kier alpha value is -2.33. The van der Waals surface area contributed by atoms with Gasteiger partial charge in [0, 0.05) is 42.8 Å². The van der Waals surface area contributed by atoms with Crippen molar-refractivity contribution in [2.24, 2.45) is 23.7 Å². The van der Waals surface area contributed by atoms with E-state index in [1.807, 2.05) is 12.3 Å². The van der Waals surface area contributed by atoms with E-state index in [-0.39, 0.29) is 5.91 Å². The predicted octanol–water partition coefficient (Wildman–Crippen LogP) is 6.65. The van der Waals surface area contributed by atoms with Crippen molar-refractivity contribution in [2.45, 2.75) is 78.2 Å². The molecule has 0 aliphatic heterocycles. The first-order valence-corrected chi connectivity index (χ1v) is 14.3. The molecule has 1 aromatic heterocycles. The van der Waals surface area contributed by atoms with Gasteiger partial charge in [-0.05, 0) is 101 Å². The van der Waals surface area contributed by atoms with Crippen molar-refractivity contribution in [3.05, 3.63) is 59.3 Å². The maximum Gasteiger partial charge on any atom is 0.227 e. The summed E-state index contributed by atoms with van der Waals surface area (Å²) >= 11 is 0. The number of allylic oxidation sites excluding steroid dienone is 3. The van der Waals surface area contributed by atoms with Gasteiger partial charge in [0.05, 0.1) is 6.42 Å². The second-order valence-electron chi connectivity index (χ2n) is 12.2. The number of hydrogen-bond donors (Lipinski definition) is 2. The fraction of sp³-hybridized carbons (Fsp3) is 0.594. The summed E-state index contributed by atoms with van der Waals surface area (Å²) in [6.45, 7) is 8.89. The summed E-state index contributed by atoms with van der Waals surface area (Å²) in [6, 6.07) is 8.95. The third-order valence-electron chi connectivity index (χ3n) is 9.11. The molecule has 4 bridgehead atoms. The molecule has 4 fully saturated rings. The van der Waals surface area contributed by atoms with Crippen molar-refractivity contribution < 1.29 is 4.79 Å². The van der Waals surface area contributed by atoms with E-state index in [1.54, 1.807) is 0 Å². The van der Waals surface area contributed by atoms with Crippen LogP contribution in [0.4, 0.5) is 0 Å². The lowest BCUT2D eigenvalue weighted by molar-refractivity contribution is -0.130. The third kappa shape index (κ3) is 5.96. The van der Waals surface area contributed by atoms with Crippen LogP contribution >= 0.6 is 0 Å². The van der Waals surface area contributed by atoms with E-state index in [0.29, 0.717) is 19.0 Å². The molecule has 6 rings (SSSR count). The fourth-order valence-electron chi connectivity index (χ4n) is 7.45. The van der Waals surface area contributed by atoms with E-state index in [4.69, 9.17) is 0 Å². The quantitative estimate of drug-likeness (QED) is 0.349. The predicted molar refractivity (Wildman–Crippen MR) is 150 cm³/mol. The third-order valence-corrected chi connectivity index (χ3v) is 9.11. The van der Waals surface area contributed by atoms with Gasteiger partial charge < -0.3 is 15.2 Å². The minimum atomic E-state index is 0.222. The normalized spacial score (nSPS) is 27.0. The number of aromatic amines is 1. The average molecular weight is 488 g/mol. The van der Waals surface area contributed by atoms with E-state index in [0.717, 1.165) is 66.1 Å². The standard InChI is InChI=1S/C32H45N3O/c1-22(2)7-6-8-23(3)11-13-35(31(36)20-28-21-34-30-10-5-4-9-29(28)30)14-12-33-32-26-16-24-15-25(18-26)19-27(32)17-24/h4-5,7,9-11,21,24-27,32-34H,6,8,12-20H2,1-3H3/b23-11+. The zero-order chi connectivity index (χ0) is 25.1. The number of carbonyl (C=O) groups excluding carboxylic acids is 1. The molecule has 4 aliphatic rings. The molecule has 1 amide bonds. The number of para-hydroxylation sites is 1. The summed E-state index contributed by atoms with van der Waals surface area (Å²) in [6.07, 6.45) is 16.4. The van der Waals surface area contributed by atoms with Gasteiger partial charge >= 0.3 is 0 Å². The summed E-state index contributed by atoms with van der Waals surface area (Å²) in [5.74, 6) is 3.96. The lowest BCUT2D eigenvalue weighted by Gasteiger charge is -2.54. The fourth-order valence-corrected chi connectivity index (χ4v) is 7.45. The molecule has 36 heavy (non-hydrogen) atoms. The zero-order valence-corrected chi connectivity index (χ0v) is 22.6. The first-order chi connectivity index (χ1) is 17.5. The molecular weight excluding hydrogens is 442 g/mol. The van der Waals surface area contributed by atoms with Gasteiger partial charge in [-0.3, -0.25) is 4.79 Å². The Bertz CT molecular complexity index is 1080. The summed E-state index contributed by atoms with van der Waals surface area (Å²) in [5, 5.41) is 5.10. The molecule has 0 saturated heterocycles. The highest BCUT2D eigenvalue weighted by Crippen LogP contribution is 2.53. The Kier molecular flexibility index (Phi) is 8.00. The van der Waals surface area contributed by atoms with Gasteiger partial charge in [0.25, 0.3) is 0 Å². The largest absolute Gasteiger partial charge is 0.361 e. The van der Waals surface area contributed by atoms with Crippen LogP contribution in [0.5, 0.6) is 0 Å². The van der Waals surface area contributed by atoms with Gasteiger partial charge in [-0.25, -0.2) is 0 Å². The maximum absolute atomic E-state index is 13.5. The first kappa shape index (κ1) is 25.3. The number of hydrogen-bond acceptors (Lipinski definition) is 2. The molecule has 0 spiro atoms. The average Bonchev–Trinajstić information content (AvgIpc) is 3.24. The van der Waals surface area contributed by atoms with Gasteiger partial charge in [-0.15, -0.1) is 0 Å². The molecule has 4 saturated carbocycles. The van der Waals surface area contributed by atoms with Gasteiger partial charge in [0.15, 0.2) is 0 Å². The summed E-state index contributed by atoms with van der Waals surface area (Å²) < 4.78 is 0. The van der Waals surface area contributed by atoms with Crippen molar-refractivity contribution in [1.82, 2.24) is 15.2 Å². The summed E-state index contributed by atoms with van der Waals surface area (Å²) in [5.41, 5.74) is 4.94. The second-order valence-corrected chi connectivity index (χ2v) is 12.2. The number of nitrogens with zero attached hydrogens (tertiary/aromatic N) is 1. The number of aromatic nitrogens is 1. The van der Waals surface area contributed by atoms with Gasteiger partial charge in [-0.1, -0.05) is 41.5 Å². The topological polar surface area (TPSA) is 48.1 Å². The molecular formula is C32H45N3O. The van der Waals surface area contributed by atoms with Crippen molar-refractivity contribution >= 4 is 16.8 Å². The number of H-pyrrole nitrogens is 1. The number of amides is 1. The molecule has 2 aromatic rings. The Labute approximate surface area is 217 Å². The molecule has 0 radical (unpaired) electrons. The number of benzene rings is 1. The summed E-state index contributed by atoms with van der Waals surface area (Å²) in [7, 11) is 0. The second kappa shape index (κ2) is 11.4. The monoisotopic (exact) mass is 487 g/mol. The Morgan fingerprint density at radius 1 is 1.03 bits per heavy atom. The van der Waals surface area contributed by atoms with Crippen LogP contribution < -0.4 is 5.32 Å². The van der Waals surface area contributed by atoms with Crippen LogP contribution in [0, 0.1) is 23.7 Å². The van der Waals surface area contributed by atoms with Crippen molar-refractivity contribution in [1.29, 1.82) is 0 Å². The first-order valence-electron chi connectivity index (χ1n) is 14.3. The number of rotatable bonds is 11. The van der Waals surface area contributed by atoms with Crippen LogP contribution in [0.1, 0.15) is 71.3 Å². The molecule has 194 valence electrons. The Morgan fingerprint density at radius 3 is 2.47 bits per heavy atom. The molecule has 0 unspecified atom stereocenters. The van der Waals surface area contributed by atoms with Crippen LogP contribution in [0.15, 0.2) is 53.8 Å². The van der Waals surface area contributed by atoms with Crippen molar-refractivity contribution in [2.75, 3.05) is 19.6 Å². The van der Waals surface area contributed by atoms with E-state index in [1.165, 1.54) is 43.3 Å². The number of carbonyl (C=O) groups is 1. The number of nitrogens with one attached hydrogen (secondary N) is 2. The van der Waals surface area contributed by atoms with E-state index >= 15 is 0 Å². The van der Waals surface area contributed by atoms with E-state index in [2.05, 4.69) is 66.3 Å². The molecule has 0 atom stereocenters. The molecule has 4 heteroatoms. The lowest BCUT2D eigenvalue weighted by Crippen LogP contribution is -2.55. The highest BCUT2D eigenvalue weighted by Gasteiger charge is 2.47. The van der Waals surface area contributed by atoms with Crippen LogP contribution in [0.3, 0.4) is 0 Å². The maximum atomic E-state index is 13.5. The smallest absolute Gasteiger partial charge is 0.227 e. The lowest BCUT2D eigenvalue weighted by atomic mass is 9.54. The van der Waals surface area contributed by atoms with Crippen LogP contribution in [-0.4, -0.2) is 41.5 Å². The minimum absolute atomic E-state index is 0.222. The molecule has 1 heterocycles. The van der Waals surface area contributed by atoms with Gasteiger partial charge in [0.1, 0.15) is 0 Å². The van der Waals surface area contributed by atoms with Crippen LogP contribution in [0.2, 0.25) is 0 Å². The Balaban J connectivity index is 1.21. The minimum Gasteiger partial charge on any atom is -0.361 e. The van der Waals surface area contributed by atoms with Crippen LogP contribution in [-0.2, 0) is 11.2 Å². The molecule has 4 nitrogen and oxygen atoms in total. The van der Waals surface area contributed by atoms with Crippen molar-refractivity contribution in [3.63, 3.8) is 0 Å².